The summed E-state index contributed by atoms with van der Waals surface area (Å²) in [5.74, 6) is 0.115. The predicted octanol–water partition coefficient (Wildman–Crippen LogP) is 1.82. The number of benzene rings is 1. The molecule has 20 heavy (non-hydrogen) atoms. The summed E-state index contributed by atoms with van der Waals surface area (Å²) in [5, 5.41) is 3.05. The summed E-state index contributed by atoms with van der Waals surface area (Å²) >= 11 is 0. The van der Waals surface area contributed by atoms with E-state index in [9.17, 15) is 9.59 Å². The van der Waals surface area contributed by atoms with Gasteiger partial charge in [0.2, 0.25) is 5.91 Å². The van der Waals surface area contributed by atoms with Crippen LogP contribution in [0.3, 0.4) is 0 Å². The Balaban J connectivity index is 1.62. The molecule has 0 bridgehead atoms. The van der Waals surface area contributed by atoms with Crippen LogP contribution in [0.5, 0.6) is 0 Å². The summed E-state index contributed by atoms with van der Waals surface area (Å²) in [6.07, 6.45) is 3.99. The summed E-state index contributed by atoms with van der Waals surface area (Å²) in [7, 11) is 0. The Labute approximate surface area is 119 Å². The van der Waals surface area contributed by atoms with Gasteiger partial charge in [-0.2, -0.15) is 0 Å². The van der Waals surface area contributed by atoms with Gasteiger partial charge in [-0.1, -0.05) is 18.2 Å². The second kappa shape index (κ2) is 5.65. The number of nitrogens with zero attached hydrogens (tertiary/aromatic N) is 1. The molecule has 4 heteroatoms. The third-order valence-corrected chi connectivity index (χ3v) is 4.02. The summed E-state index contributed by atoms with van der Waals surface area (Å²) in [5.41, 5.74) is 0.704. The highest BCUT2D eigenvalue weighted by Gasteiger charge is 2.32. The molecule has 2 amide bonds. The average Bonchev–Trinajstić information content (AvgIpc) is 3.31. The van der Waals surface area contributed by atoms with Crippen molar-refractivity contribution < 1.29 is 9.59 Å². The number of hydrogen-bond acceptors (Lipinski definition) is 2. The number of amides is 2. The first-order valence-corrected chi connectivity index (χ1v) is 7.39. The molecule has 1 saturated heterocycles. The molecule has 0 spiro atoms. The number of carbonyl (C=O) groups is 2. The number of hydrogen-bond donors (Lipinski definition) is 1. The van der Waals surface area contributed by atoms with Crippen molar-refractivity contribution in [3.63, 3.8) is 0 Å². The van der Waals surface area contributed by atoms with E-state index in [0.717, 1.165) is 32.2 Å². The first kappa shape index (κ1) is 13.2. The normalized spacial score (nSPS) is 22.4. The van der Waals surface area contributed by atoms with Crippen LogP contribution in [0.1, 0.15) is 36.0 Å². The molecule has 1 heterocycles. The Morgan fingerprint density at radius 3 is 2.55 bits per heavy atom. The van der Waals surface area contributed by atoms with E-state index in [1.54, 1.807) is 0 Å². The minimum absolute atomic E-state index is 0.0366. The van der Waals surface area contributed by atoms with Gasteiger partial charge >= 0.3 is 0 Å². The van der Waals surface area contributed by atoms with Crippen molar-refractivity contribution in [3.8, 4) is 0 Å². The van der Waals surface area contributed by atoms with E-state index < -0.39 is 0 Å². The van der Waals surface area contributed by atoms with E-state index in [1.165, 1.54) is 0 Å². The van der Waals surface area contributed by atoms with Crippen molar-refractivity contribution in [2.24, 2.45) is 5.92 Å². The fourth-order valence-electron chi connectivity index (χ4n) is 2.69. The molecule has 0 radical (unpaired) electrons. The summed E-state index contributed by atoms with van der Waals surface area (Å²) in [6.45, 7) is 1.30. The molecule has 1 aliphatic heterocycles. The van der Waals surface area contributed by atoms with Crippen LogP contribution in [0.2, 0.25) is 0 Å². The zero-order chi connectivity index (χ0) is 13.9. The smallest absolute Gasteiger partial charge is 0.253 e. The lowest BCUT2D eigenvalue weighted by atomic mass is 9.96. The first-order valence-electron chi connectivity index (χ1n) is 7.39. The lowest BCUT2D eigenvalue weighted by Crippen LogP contribution is -2.45. The molecule has 106 valence electrons. The second-order valence-electron chi connectivity index (χ2n) is 5.74. The number of piperidine rings is 1. The molecule has 3 rings (SSSR count). The highest BCUT2D eigenvalue weighted by atomic mass is 16.2. The van der Waals surface area contributed by atoms with Crippen molar-refractivity contribution in [1.82, 2.24) is 10.2 Å². The van der Waals surface area contributed by atoms with Crippen LogP contribution in [-0.2, 0) is 4.79 Å². The van der Waals surface area contributed by atoms with Crippen LogP contribution in [-0.4, -0.2) is 35.8 Å². The molecule has 1 saturated carbocycles. The van der Waals surface area contributed by atoms with Crippen molar-refractivity contribution in [2.45, 2.75) is 31.7 Å². The lowest BCUT2D eigenvalue weighted by molar-refractivity contribution is -0.126. The van der Waals surface area contributed by atoms with Crippen LogP contribution < -0.4 is 5.32 Å². The fourth-order valence-corrected chi connectivity index (χ4v) is 2.69. The van der Waals surface area contributed by atoms with E-state index in [1.807, 2.05) is 35.2 Å². The molecule has 4 nitrogen and oxygen atoms in total. The van der Waals surface area contributed by atoms with Gasteiger partial charge in [0.15, 0.2) is 0 Å². The maximum Gasteiger partial charge on any atom is 0.253 e. The standard InChI is InChI=1S/C16H20N2O2/c19-15(17-14-8-9-14)13-7-4-10-18(11-13)16(20)12-5-2-1-3-6-12/h1-3,5-6,13-14H,4,7-11H2,(H,17,19)/t13-/m1/s1. The quantitative estimate of drug-likeness (QED) is 0.912. The van der Waals surface area contributed by atoms with E-state index in [-0.39, 0.29) is 17.7 Å². The molecule has 1 atom stereocenters. The van der Waals surface area contributed by atoms with Crippen molar-refractivity contribution in [2.75, 3.05) is 13.1 Å². The van der Waals surface area contributed by atoms with Gasteiger partial charge in [-0.15, -0.1) is 0 Å². The maximum absolute atomic E-state index is 12.4. The molecule has 1 aliphatic carbocycles. The Hall–Kier alpha value is -1.84. The van der Waals surface area contributed by atoms with Gasteiger partial charge < -0.3 is 10.2 Å². The zero-order valence-corrected chi connectivity index (χ0v) is 11.5. The third kappa shape index (κ3) is 3.00. The van der Waals surface area contributed by atoms with Gasteiger partial charge in [-0.25, -0.2) is 0 Å². The molecule has 1 aromatic rings. The molecular formula is C16H20N2O2. The number of carbonyl (C=O) groups excluding carboxylic acids is 2. The monoisotopic (exact) mass is 272 g/mol. The second-order valence-corrected chi connectivity index (χ2v) is 5.74. The Bertz CT molecular complexity index is 496. The van der Waals surface area contributed by atoms with Gasteiger partial charge in [0, 0.05) is 24.7 Å². The van der Waals surface area contributed by atoms with Crippen LogP contribution in [0.25, 0.3) is 0 Å². The minimum Gasteiger partial charge on any atom is -0.353 e. The van der Waals surface area contributed by atoms with Gasteiger partial charge in [-0.3, -0.25) is 9.59 Å². The lowest BCUT2D eigenvalue weighted by Gasteiger charge is -2.32. The zero-order valence-electron chi connectivity index (χ0n) is 11.5. The van der Waals surface area contributed by atoms with Crippen LogP contribution in [0.4, 0.5) is 0 Å². The molecular weight excluding hydrogens is 252 g/mol. The van der Waals surface area contributed by atoms with Crippen LogP contribution in [0, 0.1) is 5.92 Å². The topological polar surface area (TPSA) is 49.4 Å². The highest BCUT2D eigenvalue weighted by Crippen LogP contribution is 2.23. The molecule has 2 fully saturated rings. The molecule has 1 N–H and O–H groups in total. The first-order chi connectivity index (χ1) is 9.74. The van der Waals surface area contributed by atoms with Crippen molar-refractivity contribution in [1.29, 1.82) is 0 Å². The van der Waals surface area contributed by atoms with Gasteiger partial charge in [0.1, 0.15) is 0 Å². The average molecular weight is 272 g/mol. The highest BCUT2D eigenvalue weighted by molar-refractivity contribution is 5.94. The Morgan fingerprint density at radius 1 is 1.10 bits per heavy atom. The summed E-state index contributed by atoms with van der Waals surface area (Å²) < 4.78 is 0. The Kier molecular flexibility index (Phi) is 3.72. The van der Waals surface area contributed by atoms with E-state index >= 15 is 0 Å². The predicted molar refractivity (Wildman–Crippen MR) is 76.2 cm³/mol. The largest absolute Gasteiger partial charge is 0.353 e. The number of nitrogens with one attached hydrogen (secondary N) is 1. The maximum atomic E-state index is 12.4. The van der Waals surface area contributed by atoms with E-state index in [2.05, 4.69) is 5.32 Å². The summed E-state index contributed by atoms with van der Waals surface area (Å²) in [6, 6.07) is 9.69. The number of rotatable bonds is 3. The third-order valence-electron chi connectivity index (χ3n) is 4.02. The minimum atomic E-state index is -0.0444. The number of likely N-dealkylation sites (tertiary alicyclic amines) is 1. The van der Waals surface area contributed by atoms with Crippen LogP contribution in [0.15, 0.2) is 30.3 Å². The van der Waals surface area contributed by atoms with Gasteiger partial charge in [0.25, 0.3) is 5.91 Å². The van der Waals surface area contributed by atoms with Gasteiger partial charge in [-0.05, 0) is 37.8 Å². The van der Waals surface area contributed by atoms with Crippen molar-refractivity contribution >= 4 is 11.8 Å². The van der Waals surface area contributed by atoms with Gasteiger partial charge in [0.05, 0.1) is 5.92 Å². The Morgan fingerprint density at radius 2 is 1.85 bits per heavy atom. The van der Waals surface area contributed by atoms with Crippen LogP contribution >= 0.6 is 0 Å². The molecule has 0 unspecified atom stereocenters. The van der Waals surface area contributed by atoms with Crippen molar-refractivity contribution in [3.05, 3.63) is 35.9 Å². The fraction of sp³-hybridized carbons (Fsp3) is 0.500. The molecule has 2 aliphatic rings. The van der Waals surface area contributed by atoms with E-state index in [0.29, 0.717) is 18.2 Å². The van der Waals surface area contributed by atoms with E-state index in [4.69, 9.17) is 0 Å². The SMILES string of the molecule is O=C(NC1CC1)[C@@H]1CCCN(C(=O)c2ccccc2)C1. The molecule has 0 aromatic heterocycles. The summed E-state index contributed by atoms with van der Waals surface area (Å²) in [4.78, 5) is 26.3. The molecule has 1 aromatic carbocycles.